The highest BCUT2D eigenvalue weighted by molar-refractivity contribution is 6.03. The molecule has 0 amide bonds. The summed E-state index contributed by atoms with van der Waals surface area (Å²) in [4.78, 5) is 61.8. The first-order valence-corrected chi connectivity index (χ1v) is 13.0. The molecule has 6 N–H and O–H groups in total. The topological polar surface area (TPSA) is 215 Å². The molecule has 0 atom stereocenters. The van der Waals surface area contributed by atoms with E-state index in [1.165, 1.54) is 12.1 Å². The second-order valence-corrected chi connectivity index (χ2v) is 9.28. The standard InChI is InChI=1S/C31H22N6O8/c38-25(39)21-13-11-17(15-23(21)27(42)43)32-29-34-30(33-18-12-14-22(26(40)41)24(16-18)28(44)45)36-31(35-29)37(19-7-3-1-4-8-19)20-9-5-2-6-10-20/h1-16H,(H,38,39)(H,40,41)(H,42,43)(H,44,45)(H2,32,33,34,35,36). The molecule has 0 aliphatic heterocycles. The molecule has 14 nitrogen and oxygen atoms in total. The maximum atomic E-state index is 11.8. The van der Waals surface area contributed by atoms with Crippen molar-refractivity contribution in [1.29, 1.82) is 0 Å². The highest BCUT2D eigenvalue weighted by atomic mass is 16.4. The molecule has 14 heteroatoms. The Kier molecular flexibility index (Phi) is 8.29. The van der Waals surface area contributed by atoms with Crippen LogP contribution in [-0.2, 0) is 0 Å². The van der Waals surface area contributed by atoms with Gasteiger partial charge >= 0.3 is 23.9 Å². The second-order valence-electron chi connectivity index (χ2n) is 9.28. The number of hydrogen-bond acceptors (Lipinski definition) is 10. The second kappa shape index (κ2) is 12.6. The monoisotopic (exact) mass is 606 g/mol. The number of aromatic carboxylic acids is 4. The van der Waals surface area contributed by atoms with Crippen LogP contribution >= 0.6 is 0 Å². The van der Waals surface area contributed by atoms with Gasteiger partial charge in [-0.3, -0.25) is 4.90 Å². The lowest BCUT2D eigenvalue weighted by Gasteiger charge is -2.24. The third-order valence-corrected chi connectivity index (χ3v) is 6.33. The molecular formula is C31H22N6O8. The van der Waals surface area contributed by atoms with Crippen LogP contribution in [0.4, 0.5) is 40.6 Å². The Morgan fingerprint density at radius 1 is 0.489 bits per heavy atom. The fraction of sp³-hybridized carbons (Fsp3) is 0. The summed E-state index contributed by atoms with van der Waals surface area (Å²) in [5, 5.41) is 43.7. The van der Waals surface area contributed by atoms with Crippen molar-refractivity contribution in [2.45, 2.75) is 0 Å². The van der Waals surface area contributed by atoms with Crippen LogP contribution in [0.1, 0.15) is 41.4 Å². The van der Waals surface area contributed by atoms with Crippen molar-refractivity contribution in [1.82, 2.24) is 15.0 Å². The van der Waals surface area contributed by atoms with Crippen LogP contribution in [0.25, 0.3) is 0 Å². The lowest BCUT2D eigenvalue weighted by Crippen LogP contribution is -2.16. The van der Waals surface area contributed by atoms with E-state index in [9.17, 15) is 39.6 Å². The summed E-state index contributed by atoms with van der Waals surface area (Å²) < 4.78 is 0. The van der Waals surface area contributed by atoms with Crippen LogP contribution in [0, 0.1) is 0 Å². The van der Waals surface area contributed by atoms with Crippen molar-refractivity contribution >= 4 is 64.5 Å². The molecule has 0 spiro atoms. The zero-order valence-electron chi connectivity index (χ0n) is 22.9. The van der Waals surface area contributed by atoms with E-state index in [2.05, 4.69) is 25.6 Å². The molecule has 0 aliphatic carbocycles. The Labute approximate surface area is 253 Å². The van der Waals surface area contributed by atoms with Crippen LogP contribution in [0.2, 0.25) is 0 Å². The van der Waals surface area contributed by atoms with Gasteiger partial charge < -0.3 is 31.1 Å². The summed E-state index contributed by atoms with van der Waals surface area (Å²) in [6.07, 6.45) is 0. The summed E-state index contributed by atoms with van der Waals surface area (Å²) in [5.74, 6) is -5.80. The third-order valence-electron chi connectivity index (χ3n) is 6.33. The average Bonchev–Trinajstić information content (AvgIpc) is 3.02. The van der Waals surface area contributed by atoms with Crippen LogP contribution in [0.5, 0.6) is 0 Å². The van der Waals surface area contributed by atoms with E-state index in [-0.39, 0.29) is 29.2 Å². The quantitative estimate of drug-likeness (QED) is 0.108. The van der Waals surface area contributed by atoms with Crippen molar-refractivity contribution in [2.24, 2.45) is 0 Å². The number of rotatable bonds is 11. The first-order valence-electron chi connectivity index (χ1n) is 13.0. The molecule has 0 saturated carbocycles. The number of nitrogens with one attached hydrogen (secondary N) is 2. The van der Waals surface area contributed by atoms with Crippen molar-refractivity contribution in [3.8, 4) is 0 Å². The molecule has 0 bridgehead atoms. The van der Waals surface area contributed by atoms with Crippen molar-refractivity contribution < 1.29 is 39.6 Å². The van der Waals surface area contributed by atoms with Gasteiger partial charge in [0, 0.05) is 22.7 Å². The molecule has 0 fully saturated rings. The Hall–Kier alpha value is -6.83. The summed E-state index contributed by atoms with van der Waals surface area (Å²) >= 11 is 0. The van der Waals surface area contributed by atoms with Gasteiger partial charge in [-0.05, 0) is 60.7 Å². The Morgan fingerprint density at radius 3 is 1.22 bits per heavy atom. The minimum atomic E-state index is -1.45. The van der Waals surface area contributed by atoms with Gasteiger partial charge in [0.25, 0.3) is 0 Å². The summed E-state index contributed by atoms with van der Waals surface area (Å²) in [7, 11) is 0. The van der Waals surface area contributed by atoms with Crippen LogP contribution in [0.3, 0.4) is 0 Å². The molecule has 0 saturated heterocycles. The Bertz CT molecular complexity index is 1800. The number of hydrogen-bond donors (Lipinski definition) is 6. The zero-order valence-corrected chi connectivity index (χ0v) is 22.9. The van der Waals surface area contributed by atoms with Crippen LogP contribution < -0.4 is 15.5 Å². The summed E-state index contributed by atoms with van der Waals surface area (Å²) in [6, 6.07) is 25.5. The lowest BCUT2D eigenvalue weighted by atomic mass is 10.1. The molecule has 1 heterocycles. The molecule has 224 valence electrons. The predicted molar refractivity (Wildman–Crippen MR) is 162 cm³/mol. The van der Waals surface area contributed by atoms with E-state index in [0.717, 1.165) is 24.3 Å². The number of aromatic nitrogens is 3. The number of carbonyl (C=O) groups is 4. The minimum absolute atomic E-state index is 0.0839. The van der Waals surface area contributed by atoms with Gasteiger partial charge in [-0.1, -0.05) is 36.4 Å². The molecule has 0 radical (unpaired) electrons. The first-order chi connectivity index (χ1) is 21.6. The largest absolute Gasteiger partial charge is 0.478 e. The van der Waals surface area contributed by atoms with Gasteiger partial charge in [-0.2, -0.15) is 15.0 Å². The zero-order chi connectivity index (χ0) is 32.1. The van der Waals surface area contributed by atoms with Gasteiger partial charge in [0.05, 0.1) is 22.3 Å². The van der Waals surface area contributed by atoms with Crippen molar-refractivity contribution in [2.75, 3.05) is 15.5 Å². The van der Waals surface area contributed by atoms with E-state index in [1.54, 1.807) is 4.90 Å². The van der Waals surface area contributed by atoms with Crippen molar-refractivity contribution in [3.63, 3.8) is 0 Å². The molecule has 45 heavy (non-hydrogen) atoms. The van der Waals surface area contributed by atoms with Crippen molar-refractivity contribution in [3.05, 3.63) is 119 Å². The van der Waals surface area contributed by atoms with Crippen LogP contribution in [0.15, 0.2) is 97.1 Å². The minimum Gasteiger partial charge on any atom is -0.478 e. The number of carboxylic acids is 4. The van der Waals surface area contributed by atoms with Crippen LogP contribution in [-0.4, -0.2) is 59.3 Å². The number of anilines is 7. The highest BCUT2D eigenvalue weighted by Gasteiger charge is 2.21. The summed E-state index contributed by atoms with van der Waals surface area (Å²) in [5.41, 5.74) is -0.0919. The SMILES string of the molecule is O=C(O)c1ccc(Nc2nc(Nc3ccc(C(=O)O)c(C(=O)O)c3)nc(N(c3ccccc3)c3ccccc3)n2)cc1C(=O)O. The number of benzene rings is 4. The van der Waals surface area contributed by atoms with E-state index >= 15 is 0 Å². The third kappa shape index (κ3) is 6.65. The van der Waals surface area contributed by atoms with E-state index in [4.69, 9.17) is 0 Å². The lowest BCUT2D eigenvalue weighted by molar-refractivity contribution is 0.0651. The average molecular weight is 607 g/mol. The number of carboxylic acid groups (broad SMARTS) is 4. The molecule has 5 rings (SSSR count). The highest BCUT2D eigenvalue weighted by Crippen LogP contribution is 2.33. The predicted octanol–water partition coefficient (Wildman–Crippen LogP) is 5.62. The van der Waals surface area contributed by atoms with E-state index in [0.29, 0.717) is 11.4 Å². The Morgan fingerprint density at radius 2 is 0.867 bits per heavy atom. The normalized spacial score (nSPS) is 10.5. The first kappa shape index (κ1) is 29.7. The fourth-order valence-corrected chi connectivity index (χ4v) is 4.34. The van der Waals surface area contributed by atoms with Gasteiger partial charge in [0.15, 0.2) is 0 Å². The summed E-state index contributed by atoms with van der Waals surface area (Å²) in [6.45, 7) is 0. The van der Waals surface area contributed by atoms with Gasteiger partial charge in [0.2, 0.25) is 17.8 Å². The number of para-hydroxylation sites is 2. The van der Waals surface area contributed by atoms with E-state index < -0.39 is 46.1 Å². The molecule has 0 unspecified atom stereocenters. The van der Waals surface area contributed by atoms with Gasteiger partial charge in [-0.25, -0.2) is 19.2 Å². The maximum Gasteiger partial charge on any atom is 0.336 e. The molecule has 5 aromatic rings. The smallest absolute Gasteiger partial charge is 0.336 e. The molecular weight excluding hydrogens is 584 g/mol. The fourth-order valence-electron chi connectivity index (χ4n) is 4.34. The molecule has 4 aromatic carbocycles. The van der Waals surface area contributed by atoms with Gasteiger partial charge in [0.1, 0.15) is 0 Å². The number of nitrogens with zero attached hydrogens (tertiary/aromatic N) is 4. The molecule has 1 aromatic heterocycles. The Balaban J connectivity index is 1.64. The van der Waals surface area contributed by atoms with E-state index in [1.807, 2.05) is 60.7 Å². The van der Waals surface area contributed by atoms with Gasteiger partial charge in [-0.15, -0.1) is 0 Å². The maximum absolute atomic E-state index is 11.8. The molecule has 0 aliphatic rings.